The SMILES string of the molecule is N#CCC=Cc1ccc(CO)nc1. The molecule has 0 radical (unpaired) electrons. The van der Waals surface area contributed by atoms with Crippen LogP contribution in [0, 0.1) is 11.3 Å². The van der Waals surface area contributed by atoms with Gasteiger partial charge in [0, 0.05) is 6.20 Å². The summed E-state index contributed by atoms with van der Waals surface area (Å²) in [7, 11) is 0. The Balaban J connectivity index is 2.65. The van der Waals surface area contributed by atoms with E-state index in [9.17, 15) is 0 Å². The molecule has 0 spiro atoms. The van der Waals surface area contributed by atoms with Gasteiger partial charge < -0.3 is 5.11 Å². The summed E-state index contributed by atoms with van der Waals surface area (Å²) in [5.74, 6) is 0. The highest BCUT2D eigenvalue weighted by molar-refractivity contribution is 5.48. The fourth-order valence-corrected chi connectivity index (χ4v) is 0.876. The number of pyridine rings is 1. The lowest BCUT2D eigenvalue weighted by molar-refractivity contribution is 0.277. The fraction of sp³-hybridized carbons (Fsp3) is 0.200. The third-order valence-electron chi connectivity index (χ3n) is 1.53. The summed E-state index contributed by atoms with van der Waals surface area (Å²) in [6.45, 7) is -0.0395. The van der Waals surface area contributed by atoms with Gasteiger partial charge in [0.25, 0.3) is 0 Å². The first-order valence-corrected chi connectivity index (χ1v) is 3.96. The topological polar surface area (TPSA) is 56.9 Å². The van der Waals surface area contributed by atoms with Crippen LogP contribution in [0.3, 0.4) is 0 Å². The average Bonchev–Trinajstić information content (AvgIpc) is 2.19. The summed E-state index contributed by atoms with van der Waals surface area (Å²) in [6, 6.07) is 5.62. The van der Waals surface area contributed by atoms with Gasteiger partial charge in [0.15, 0.2) is 0 Å². The van der Waals surface area contributed by atoms with Crippen LogP contribution in [0.2, 0.25) is 0 Å². The molecule has 0 bridgehead atoms. The van der Waals surface area contributed by atoms with Gasteiger partial charge >= 0.3 is 0 Å². The molecule has 0 amide bonds. The van der Waals surface area contributed by atoms with Gasteiger partial charge in [0.05, 0.1) is 24.8 Å². The zero-order valence-electron chi connectivity index (χ0n) is 7.14. The molecular formula is C10H10N2O. The number of aromatic nitrogens is 1. The summed E-state index contributed by atoms with van der Waals surface area (Å²) < 4.78 is 0. The number of nitrogens with zero attached hydrogens (tertiary/aromatic N) is 2. The highest BCUT2D eigenvalue weighted by atomic mass is 16.3. The van der Waals surface area contributed by atoms with Crippen molar-refractivity contribution in [3.05, 3.63) is 35.7 Å². The summed E-state index contributed by atoms with van der Waals surface area (Å²) >= 11 is 0. The average molecular weight is 174 g/mol. The number of hydrogen-bond acceptors (Lipinski definition) is 3. The van der Waals surface area contributed by atoms with Crippen molar-refractivity contribution in [1.82, 2.24) is 4.98 Å². The Bertz CT molecular complexity index is 322. The van der Waals surface area contributed by atoms with Gasteiger partial charge in [-0.1, -0.05) is 18.2 Å². The van der Waals surface area contributed by atoms with E-state index in [0.717, 1.165) is 5.56 Å². The monoisotopic (exact) mass is 174 g/mol. The molecule has 0 aliphatic heterocycles. The number of allylic oxidation sites excluding steroid dienone is 1. The molecule has 66 valence electrons. The number of aliphatic hydroxyl groups excluding tert-OH is 1. The summed E-state index contributed by atoms with van der Waals surface area (Å²) in [5.41, 5.74) is 1.59. The Morgan fingerprint density at radius 2 is 2.38 bits per heavy atom. The highest BCUT2D eigenvalue weighted by Crippen LogP contribution is 2.02. The first-order valence-electron chi connectivity index (χ1n) is 3.96. The maximum absolute atomic E-state index is 8.72. The largest absolute Gasteiger partial charge is 0.390 e. The second-order valence-corrected chi connectivity index (χ2v) is 2.51. The van der Waals surface area contributed by atoms with Gasteiger partial charge in [-0.15, -0.1) is 0 Å². The predicted molar refractivity (Wildman–Crippen MR) is 49.4 cm³/mol. The summed E-state index contributed by atoms with van der Waals surface area (Å²) in [6.07, 6.45) is 5.67. The van der Waals surface area contributed by atoms with Crippen LogP contribution in [-0.4, -0.2) is 10.1 Å². The van der Waals surface area contributed by atoms with E-state index in [-0.39, 0.29) is 6.61 Å². The van der Waals surface area contributed by atoms with E-state index < -0.39 is 0 Å². The molecule has 1 heterocycles. The maximum Gasteiger partial charge on any atom is 0.0852 e. The van der Waals surface area contributed by atoms with Crippen LogP contribution < -0.4 is 0 Å². The lowest BCUT2D eigenvalue weighted by Gasteiger charge is -1.95. The van der Waals surface area contributed by atoms with E-state index in [1.807, 2.05) is 18.2 Å². The van der Waals surface area contributed by atoms with Gasteiger partial charge in [-0.05, 0) is 11.6 Å². The van der Waals surface area contributed by atoms with Crippen molar-refractivity contribution >= 4 is 6.08 Å². The van der Waals surface area contributed by atoms with Gasteiger partial charge in [-0.2, -0.15) is 5.26 Å². The minimum absolute atomic E-state index is 0.0395. The molecular weight excluding hydrogens is 164 g/mol. The minimum atomic E-state index is -0.0395. The van der Waals surface area contributed by atoms with Crippen molar-refractivity contribution in [1.29, 1.82) is 5.26 Å². The Kier molecular flexibility index (Phi) is 3.68. The molecule has 1 aromatic rings. The van der Waals surface area contributed by atoms with Crippen molar-refractivity contribution in [2.75, 3.05) is 0 Å². The number of rotatable bonds is 3. The molecule has 1 aromatic heterocycles. The Morgan fingerprint density at radius 3 is 2.92 bits per heavy atom. The Hall–Kier alpha value is -1.66. The zero-order chi connectivity index (χ0) is 9.52. The molecule has 0 unspecified atom stereocenters. The van der Waals surface area contributed by atoms with Crippen LogP contribution in [0.1, 0.15) is 17.7 Å². The Labute approximate surface area is 77.0 Å². The van der Waals surface area contributed by atoms with Crippen LogP contribution in [0.15, 0.2) is 24.4 Å². The van der Waals surface area contributed by atoms with E-state index in [2.05, 4.69) is 4.98 Å². The van der Waals surface area contributed by atoms with E-state index in [4.69, 9.17) is 10.4 Å². The third-order valence-corrected chi connectivity index (χ3v) is 1.53. The molecule has 3 heteroatoms. The van der Waals surface area contributed by atoms with E-state index in [0.29, 0.717) is 12.1 Å². The molecule has 1 rings (SSSR count). The highest BCUT2D eigenvalue weighted by Gasteiger charge is 1.90. The molecule has 0 saturated heterocycles. The summed E-state index contributed by atoms with van der Waals surface area (Å²) in [5, 5.41) is 17.0. The van der Waals surface area contributed by atoms with Crippen molar-refractivity contribution in [3.8, 4) is 6.07 Å². The first-order chi connectivity index (χ1) is 6.36. The zero-order valence-corrected chi connectivity index (χ0v) is 7.14. The first kappa shape index (κ1) is 9.43. The maximum atomic E-state index is 8.72. The van der Waals surface area contributed by atoms with E-state index >= 15 is 0 Å². The molecule has 0 aliphatic rings. The second kappa shape index (κ2) is 5.07. The minimum Gasteiger partial charge on any atom is -0.390 e. The van der Waals surface area contributed by atoms with Gasteiger partial charge in [-0.25, -0.2) is 0 Å². The number of nitriles is 1. The van der Waals surface area contributed by atoms with Crippen LogP contribution in [0.5, 0.6) is 0 Å². The van der Waals surface area contributed by atoms with E-state index in [1.165, 1.54) is 0 Å². The second-order valence-electron chi connectivity index (χ2n) is 2.51. The van der Waals surface area contributed by atoms with Crippen molar-refractivity contribution in [3.63, 3.8) is 0 Å². The number of aliphatic hydroxyl groups is 1. The van der Waals surface area contributed by atoms with Crippen LogP contribution in [0.4, 0.5) is 0 Å². The molecule has 0 aliphatic carbocycles. The molecule has 1 N–H and O–H groups in total. The molecule has 0 atom stereocenters. The van der Waals surface area contributed by atoms with Gasteiger partial charge in [-0.3, -0.25) is 4.98 Å². The molecule has 0 saturated carbocycles. The van der Waals surface area contributed by atoms with Crippen LogP contribution in [-0.2, 0) is 6.61 Å². The quantitative estimate of drug-likeness (QED) is 0.755. The predicted octanol–water partition coefficient (Wildman–Crippen LogP) is 1.50. The third kappa shape index (κ3) is 3.06. The van der Waals surface area contributed by atoms with Crippen molar-refractivity contribution in [2.24, 2.45) is 0 Å². The van der Waals surface area contributed by atoms with Crippen LogP contribution in [0.25, 0.3) is 6.08 Å². The smallest absolute Gasteiger partial charge is 0.0852 e. The molecule has 0 fully saturated rings. The molecule has 3 nitrogen and oxygen atoms in total. The number of hydrogen-bond donors (Lipinski definition) is 1. The van der Waals surface area contributed by atoms with Crippen LogP contribution >= 0.6 is 0 Å². The molecule has 0 aromatic carbocycles. The standard InChI is InChI=1S/C10H10N2O/c11-6-2-1-3-9-4-5-10(8-13)12-7-9/h1,3-5,7,13H,2,8H2. The molecule has 13 heavy (non-hydrogen) atoms. The summed E-state index contributed by atoms with van der Waals surface area (Å²) in [4.78, 5) is 3.99. The van der Waals surface area contributed by atoms with Gasteiger partial charge in [0.1, 0.15) is 0 Å². The van der Waals surface area contributed by atoms with Crippen molar-refractivity contribution < 1.29 is 5.11 Å². The Morgan fingerprint density at radius 1 is 1.54 bits per heavy atom. The van der Waals surface area contributed by atoms with Crippen molar-refractivity contribution in [2.45, 2.75) is 13.0 Å². The van der Waals surface area contributed by atoms with E-state index in [1.54, 1.807) is 18.3 Å². The normalized spacial score (nSPS) is 10.2. The van der Waals surface area contributed by atoms with Gasteiger partial charge in [0.2, 0.25) is 0 Å². The lowest BCUT2D eigenvalue weighted by atomic mass is 10.2. The lowest BCUT2D eigenvalue weighted by Crippen LogP contribution is -1.87. The fourth-order valence-electron chi connectivity index (χ4n) is 0.876.